The van der Waals surface area contributed by atoms with Crippen LogP contribution in [0.25, 0.3) is 11.0 Å². The van der Waals surface area contributed by atoms with Gasteiger partial charge < -0.3 is 14.6 Å². The first kappa shape index (κ1) is 14.1. The van der Waals surface area contributed by atoms with Gasteiger partial charge in [0.2, 0.25) is 0 Å². The fourth-order valence-electron chi connectivity index (χ4n) is 3.10. The van der Waals surface area contributed by atoms with Gasteiger partial charge in [0.25, 0.3) is 5.91 Å². The van der Waals surface area contributed by atoms with Gasteiger partial charge in [-0.15, -0.1) is 0 Å². The van der Waals surface area contributed by atoms with Crippen molar-refractivity contribution in [3.63, 3.8) is 0 Å². The van der Waals surface area contributed by atoms with E-state index in [4.69, 9.17) is 4.42 Å². The Balaban J connectivity index is 1.91. The molecule has 112 valence electrons. The number of fused-ring (bicyclic) bond motifs is 1. The van der Waals surface area contributed by atoms with Crippen molar-refractivity contribution >= 4 is 16.9 Å². The molecule has 1 aliphatic rings. The molecule has 2 aromatic rings. The molecule has 1 fully saturated rings. The van der Waals surface area contributed by atoms with Gasteiger partial charge in [0.05, 0.1) is 0 Å². The summed E-state index contributed by atoms with van der Waals surface area (Å²) in [4.78, 5) is 14.6. The second-order valence-corrected chi connectivity index (χ2v) is 5.94. The van der Waals surface area contributed by atoms with Crippen molar-refractivity contribution in [1.82, 2.24) is 10.2 Å². The molecule has 0 saturated carbocycles. The second kappa shape index (κ2) is 5.53. The number of likely N-dealkylation sites (N-methyl/N-ethyl adjacent to an activating group) is 1. The zero-order chi connectivity index (χ0) is 15.0. The zero-order valence-corrected chi connectivity index (χ0v) is 12.9. The summed E-state index contributed by atoms with van der Waals surface area (Å²) >= 11 is 0. The highest BCUT2D eigenvalue weighted by Gasteiger charge is 2.30. The largest absolute Gasteiger partial charge is 0.451 e. The maximum absolute atomic E-state index is 12.7. The van der Waals surface area contributed by atoms with E-state index in [9.17, 15) is 4.79 Å². The van der Waals surface area contributed by atoms with Crippen molar-refractivity contribution < 1.29 is 9.21 Å². The Hall–Kier alpha value is -1.81. The number of aryl methyl sites for hydroxylation is 2. The number of rotatable bonds is 3. The smallest absolute Gasteiger partial charge is 0.289 e. The van der Waals surface area contributed by atoms with E-state index >= 15 is 0 Å². The van der Waals surface area contributed by atoms with E-state index in [-0.39, 0.29) is 11.9 Å². The molecule has 1 N–H and O–H groups in total. The van der Waals surface area contributed by atoms with Gasteiger partial charge in [0.1, 0.15) is 5.58 Å². The van der Waals surface area contributed by atoms with Gasteiger partial charge in [-0.25, -0.2) is 0 Å². The summed E-state index contributed by atoms with van der Waals surface area (Å²) < 4.78 is 5.79. The predicted octanol–water partition coefficient (Wildman–Crippen LogP) is 2.87. The summed E-state index contributed by atoms with van der Waals surface area (Å²) in [6.45, 7) is 5.79. The third-order valence-electron chi connectivity index (χ3n) is 4.42. The number of amides is 1. The van der Waals surface area contributed by atoms with Crippen LogP contribution in [-0.4, -0.2) is 37.0 Å². The molecule has 4 heteroatoms. The topological polar surface area (TPSA) is 45.5 Å². The average Bonchev–Trinajstić information content (AvgIpc) is 3.06. The van der Waals surface area contributed by atoms with Crippen LogP contribution >= 0.6 is 0 Å². The van der Waals surface area contributed by atoms with E-state index in [1.807, 2.05) is 24.1 Å². The van der Waals surface area contributed by atoms with Gasteiger partial charge in [-0.3, -0.25) is 4.79 Å². The first-order chi connectivity index (χ1) is 10.1. The number of nitrogens with one attached hydrogen (secondary N) is 1. The van der Waals surface area contributed by atoms with Gasteiger partial charge in [-0.2, -0.15) is 0 Å². The van der Waals surface area contributed by atoms with Crippen LogP contribution in [0, 0.1) is 13.8 Å². The normalized spacial score (nSPS) is 18.6. The summed E-state index contributed by atoms with van der Waals surface area (Å²) in [5, 5.41) is 4.17. The fourth-order valence-corrected chi connectivity index (χ4v) is 3.10. The predicted molar refractivity (Wildman–Crippen MR) is 83.7 cm³/mol. The first-order valence-electron chi connectivity index (χ1n) is 7.56. The maximum Gasteiger partial charge on any atom is 0.289 e. The fraction of sp³-hybridized carbons (Fsp3) is 0.471. The number of carbonyl (C=O) groups excluding carboxylic acids is 1. The standard InChI is InChI=1S/C17H22N2O2/c1-11-7-13-9-16(21-15(13)8-12(11)2)17(20)19-6-4-5-14(19)10-18-3/h7-9,14,18H,4-6,10H2,1-3H3. The maximum atomic E-state index is 12.7. The van der Waals surface area contributed by atoms with Gasteiger partial charge in [0.15, 0.2) is 5.76 Å². The lowest BCUT2D eigenvalue weighted by atomic mass is 10.1. The van der Waals surface area contributed by atoms with Crippen LogP contribution in [0.4, 0.5) is 0 Å². The molecular weight excluding hydrogens is 264 g/mol. The Kier molecular flexibility index (Phi) is 3.72. The molecule has 2 heterocycles. The quantitative estimate of drug-likeness (QED) is 0.943. The lowest BCUT2D eigenvalue weighted by Gasteiger charge is -2.23. The van der Waals surface area contributed by atoms with Gasteiger partial charge in [0, 0.05) is 24.5 Å². The first-order valence-corrected chi connectivity index (χ1v) is 7.56. The number of carbonyl (C=O) groups is 1. The molecule has 3 rings (SSSR count). The van der Waals surface area contributed by atoms with E-state index in [1.165, 1.54) is 11.1 Å². The third kappa shape index (κ3) is 2.56. The van der Waals surface area contributed by atoms with Crippen molar-refractivity contribution in [3.05, 3.63) is 35.1 Å². The van der Waals surface area contributed by atoms with E-state index in [0.717, 1.165) is 36.9 Å². The Labute approximate surface area is 125 Å². The Bertz CT molecular complexity index is 636. The summed E-state index contributed by atoms with van der Waals surface area (Å²) in [6, 6.07) is 6.24. The second-order valence-electron chi connectivity index (χ2n) is 5.94. The summed E-state index contributed by atoms with van der Waals surface area (Å²) in [6.07, 6.45) is 2.13. The minimum Gasteiger partial charge on any atom is -0.451 e. The molecule has 4 nitrogen and oxygen atoms in total. The van der Waals surface area contributed by atoms with Gasteiger partial charge in [-0.05, 0) is 63.1 Å². The molecule has 1 atom stereocenters. The molecule has 1 aromatic heterocycles. The van der Waals surface area contributed by atoms with Crippen LogP contribution < -0.4 is 5.32 Å². The van der Waals surface area contributed by atoms with E-state index in [0.29, 0.717) is 5.76 Å². The highest BCUT2D eigenvalue weighted by molar-refractivity contribution is 5.96. The minimum absolute atomic E-state index is 0.0132. The van der Waals surface area contributed by atoms with Gasteiger partial charge >= 0.3 is 0 Å². The summed E-state index contributed by atoms with van der Waals surface area (Å²) in [5.74, 6) is 0.470. The van der Waals surface area contributed by atoms with E-state index < -0.39 is 0 Å². The van der Waals surface area contributed by atoms with Crippen LogP contribution in [0.15, 0.2) is 22.6 Å². The Morgan fingerprint density at radius 3 is 2.86 bits per heavy atom. The zero-order valence-electron chi connectivity index (χ0n) is 12.9. The van der Waals surface area contributed by atoms with E-state index in [2.05, 4.69) is 25.2 Å². The highest BCUT2D eigenvalue weighted by atomic mass is 16.3. The number of hydrogen-bond donors (Lipinski definition) is 1. The van der Waals surface area contributed by atoms with Crippen molar-refractivity contribution in [1.29, 1.82) is 0 Å². The van der Waals surface area contributed by atoms with Crippen LogP contribution in [0.3, 0.4) is 0 Å². The summed E-state index contributed by atoms with van der Waals surface area (Å²) in [5.41, 5.74) is 3.20. The third-order valence-corrected chi connectivity index (χ3v) is 4.42. The summed E-state index contributed by atoms with van der Waals surface area (Å²) in [7, 11) is 1.92. The molecule has 0 bridgehead atoms. The SMILES string of the molecule is CNCC1CCCN1C(=O)c1cc2cc(C)c(C)cc2o1. The monoisotopic (exact) mass is 286 g/mol. The lowest BCUT2D eigenvalue weighted by Crippen LogP contribution is -2.40. The van der Waals surface area contributed by atoms with Crippen LogP contribution in [-0.2, 0) is 0 Å². The molecule has 21 heavy (non-hydrogen) atoms. The number of likely N-dealkylation sites (tertiary alicyclic amines) is 1. The molecule has 1 aromatic carbocycles. The van der Waals surface area contributed by atoms with Crippen molar-refractivity contribution in [2.24, 2.45) is 0 Å². The number of nitrogens with zero attached hydrogens (tertiary/aromatic N) is 1. The van der Waals surface area contributed by atoms with E-state index in [1.54, 1.807) is 0 Å². The Morgan fingerprint density at radius 1 is 1.33 bits per heavy atom. The molecule has 1 unspecified atom stereocenters. The molecule has 1 aliphatic heterocycles. The molecule has 0 spiro atoms. The van der Waals surface area contributed by atoms with Crippen LogP contribution in [0.2, 0.25) is 0 Å². The van der Waals surface area contributed by atoms with Gasteiger partial charge in [-0.1, -0.05) is 0 Å². The average molecular weight is 286 g/mol. The van der Waals surface area contributed by atoms with Crippen LogP contribution in [0.5, 0.6) is 0 Å². The minimum atomic E-state index is 0.0132. The van der Waals surface area contributed by atoms with Crippen molar-refractivity contribution in [3.8, 4) is 0 Å². The number of hydrogen-bond acceptors (Lipinski definition) is 3. The molecule has 0 radical (unpaired) electrons. The van der Waals surface area contributed by atoms with Crippen molar-refractivity contribution in [2.45, 2.75) is 32.7 Å². The molecule has 1 saturated heterocycles. The number of benzene rings is 1. The molecule has 0 aliphatic carbocycles. The Morgan fingerprint density at radius 2 is 2.10 bits per heavy atom. The number of furan rings is 1. The molecular formula is C17H22N2O2. The van der Waals surface area contributed by atoms with Crippen molar-refractivity contribution in [2.75, 3.05) is 20.1 Å². The lowest BCUT2D eigenvalue weighted by molar-refractivity contribution is 0.0707. The molecule has 1 amide bonds. The van der Waals surface area contributed by atoms with Crippen LogP contribution in [0.1, 0.15) is 34.5 Å². The highest BCUT2D eigenvalue weighted by Crippen LogP contribution is 2.26.